The topological polar surface area (TPSA) is 59.8 Å². The average molecular weight is 299 g/mol. The summed E-state index contributed by atoms with van der Waals surface area (Å²) < 4.78 is 16.0. The number of hydrogen-bond donors (Lipinski definition) is 1. The molecule has 0 aliphatic carbocycles. The molecular weight excluding hydrogens is 270 g/mol. The molecule has 0 aliphatic rings. The van der Waals surface area contributed by atoms with Crippen LogP contribution in [0.15, 0.2) is 10.7 Å². The molecule has 0 spiro atoms. The Kier molecular flexibility index (Phi) is 7.14. The molecule has 1 heterocycles. The van der Waals surface area contributed by atoms with Crippen molar-refractivity contribution in [2.75, 3.05) is 38.9 Å². The first-order chi connectivity index (χ1) is 9.87. The second kappa shape index (κ2) is 8.36. The van der Waals surface area contributed by atoms with Gasteiger partial charge in [0.2, 0.25) is 0 Å². The molecule has 1 N–H and O–H groups in total. The van der Waals surface area contributed by atoms with Crippen molar-refractivity contribution >= 4 is 6.01 Å². The SMILES string of the molecule is COCCN(c1nc(CNC(C)(C)C)co1)C(C)COC. The largest absolute Gasteiger partial charge is 0.432 e. The number of oxazole rings is 1. The lowest BCUT2D eigenvalue weighted by atomic mass is 10.1. The Hall–Kier alpha value is -1.11. The zero-order valence-corrected chi connectivity index (χ0v) is 14.1. The van der Waals surface area contributed by atoms with Crippen LogP contribution in [0.2, 0.25) is 0 Å². The summed E-state index contributed by atoms with van der Waals surface area (Å²) in [5.74, 6) is 0. The van der Waals surface area contributed by atoms with E-state index >= 15 is 0 Å². The number of nitrogens with one attached hydrogen (secondary N) is 1. The van der Waals surface area contributed by atoms with Crippen LogP contribution < -0.4 is 10.2 Å². The van der Waals surface area contributed by atoms with Gasteiger partial charge in [0.1, 0.15) is 6.26 Å². The van der Waals surface area contributed by atoms with E-state index in [1.165, 1.54) is 0 Å². The third-order valence-corrected chi connectivity index (χ3v) is 3.06. The van der Waals surface area contributed by atoms with Crippen molar-refractivity contribution in [1.82, 2.24) is 10.3 Å². The van der Waals surface area contributed by atoms with Gasteiger partial charge in [-0.3, -0.25) is 0 Å². The first-order valence-electron chi connectivity index (χ1n) is 7.31. The number of methoxy groups -OCH3 is 2. The highest BCUT2D eigenvalue weighted by Crippen LogP contribution is 2.17. The van der Waals surface area contributed by atoms with Crippen LogP contribution in [0.4, 0.5) is 6.01 Å². The summed E-state index contributed by atoms with van der Waals surface area (Å²) in [5, 5.41) is 3.40. The highest BCUT2D eigenvalue weighted by Gasteiger charge is 2.20. The van der Waals surface area contributed by atoms with Crippen molar-refractivity contribution in [3.63, 3.8) is 0 Å². The summed E-state index contributed by atoms with van der Waals surface area (Å²) in [5.41, 5.74) is 0.949. The molecule has 122 valence electrons. The average Bonchev–Trinajstić information content (AvgIpc) is 2.85. The summed E-state index contributed by atoms with van der Waals surface area (Å²) in [6.07, 6.45) is 1.70. The van der Waals surface area contributed by atoms with Crippen LogP contribution in [0.1, 0.15) is 33.4 Å². The molecule has 0 saturated heterocycles. The van der Waals surface area contributed by atoms with E-state index in [2.05, 4.69) is 42.9 Å². The van der Waals surface area contributed by atoms with Gasteiger partial charge in [0.15, 0.2) is 0 Å². The second-order valence-corrected chi connectivity index (χ2v) is 6.22. The molecular formula is C15H29N3O3. The maximum atomic E-state index is 5.62. The van der Waals surface area contributed by atoms with Gasteiger partial charge < -0.3 is 24.1 Å². The van der Waals surface area contributed by atoms with Gasteiger partial charge in [-0.2, -0.15) is 4.98 Å². The van der Waals surface area contributed by atoms with E-state index in [1.54, 1.807) is 20.5 Å². The fraction of sp³-hybridized carbons (Fsp3) is 0.800. The first kappa shape index (κ1) is 17.9. The number of nitrogens with zero attached hydrogens (tertiary/aromatic N) is 2. The predicted octanol–water partition coefficient (Wildman–Crippen LogP) is 2.05. The standard InChI is InChI=1S/C15H29N3O3/c1-12(10-20-6)18(7-8-19-5)14-17-13(11-21-14)9-16-15(2,3)4/h11-12,16H,7-10H2,1-6H3. The third kappa shape index (κ3) is 6.46. The first-order valence-corrected chi connectivity index (χ1v) is 7.31. The Morgan fingerprint density at radius 3 is 2.62 bits per heavy atom. The number of rotatable bonds is 9. The minimum absolute atomic E-state index is 0.0538. The van der Waals surface area contributed by atoms with E-state index in [4.69, 9.17) is 13.9 Å². The van der Waals surface area contributed by atoms with Crippen molar-refractivity contribution in [3.05, 3.63) is 12.0 Å². The lowest BCUT2D eigenvalue weighted by Crippen LogP contribution is -2.39. The van der Waals surface area contributed by atoms with Gasteiger partial charge in [0, 0.05) is 32.8 Å². The number of aromatic nitrogens is 1. The Labute approximate surface area is 127 Å². The van der Waals surface area contributed by atoms with Crippen LogP contribution in [-0.4, -0.2) is 50.5 Å². The van der Waals surface area contributed by atoms with E-state index in [0.29, 0.717) is 32.3 Å². The monoisotopic (exact) mass is 299 g/mol. The normalized spacial score (nSPS) is 13.4. The van der Waals surface area contributed by atoms with Crippen molar-refractivity contribution < 1.29 is 13.9 Å². The minimum atomic E-state index is 0.0538. The summed E-state index contributed by atoms with van der Waals surface area (Å²) >= 11 is 0. The molecule has 0 saturated carbocycles. The molecule has 6 nitrogen and oxygen atoms in total. The lowest BCUT2D eigenvalue weighted by Gasteiger charge is -2.26. The summed E-state index contributed by atoms with van der Waals surface area (Å²) in [4.78, 5) is 6.62. The fourth-order valence-corrected chi connectivity index (χ4v) is 1.89. The van der Waals surface area contributed by atoms with Crippen LogP contribution >= 0.6 is 0 Å². The number of ether oxygens (including phenoxy) is 2. The molecule has 6 heteroatoms. The zero-order valence-electron chi connectivity index (χ0n) is 14.1. The third-order valence-electron chi connectivity index (χ3n) is 3.06. The van der Waals surface area contributed by atoms with Gasteiger partial charge in [-0.1, -0.05) is 0 Å². The predicted molar refractivity (Wildman–Crippen MR) is 83.7 cm³/mol. The van der Waals surface area contributed by atoms with Gasteiger partial charge in [-0.25, -0.2) is 0 Å². The molecule has 1 unspecified atom stereocenters. The summed E-state index contributed by atoms with van der Waals surface area (Å²) in [6, 6.07) is 0.787. The van der Waals surface area contributed by atoms with E-state index < -0.39 is 0 Å². The Bertz CT molecular complexity index is 401. The van der Waals surface area contributed by atoms with Gasteiger partial charge in [-0.05, 0) is 27.7 Å². The van der Waals surface area contributed by atoms with Crippen molar-refractivity contribution in [1.29, 1.82) is 0 Å². The van der Waals surface area contributed by atoms with Gasteiger partial charge in [0.25, 0.3) is 6.01 Å². The molecule has 0 amide bonds. The molecule has 0 fully saturated rings. The van der Waals surface area contributed by atoms with E-state index in [1.807, 2.05) is 0 Å². The Morgan fingerprint density at radius 2 is 2.05 bits per heavy atom. The summed E-state index contributed by atoms with van der Waals surface area (Å²) in [6.45, 7) is 11.1. The molecule has 1 rings (SSSR count). The van der Waals surface area contributed by atoms with Gasteiger partial charge in [-0.15, -0.1) is 0 Å². The van der Waals surface area contributed by atoms with Crippen LogP contribution in [0.25, 0.3) is 0 Å². The lowest BCUT2D eigenvalue weighted by molar-refractivity contribution is 0.168. The zero-order chi connectivity index (χ0) is 15.9. The minimum Gasteiger partial charge on any atom is -0.432 e. The van der Waals surface area contributed by atoms with E-state index in [9.17, 15) is 0 Å². The quantitative estimate of drug-likeness (QED) is 0.753. The van der Waals surface area contributed by atoms with E-state index in [0.717, 1.165) is 5.69 Å². The van der Waals surface area contributed by atoms with E-state index in [-0.39, 0.29) is 11.6 Å². The number of anilines is 1. The second-order valence-electron chi connectivity index (χ2n) is 6.22. The van der Waals surface area contributed by atoms with Crippen LogP contribution in [0.3, 0.4) is 0 Å². The highest BCUT2D eigenvalue weighted by molar-refractivity contribution is 5.29. The molecule has 1 aromatic heterocycles. The highest BCUT2D eigenvalue weighted by atomic mass is 16.5. The maximum absolute atomic E-state index is 5.62. The Balaban J connectivity index is 2.71. The molecule has 1 aromatic rings. The Morgan fingerprint density at radius 1 is 1.33 bits per heavy atom. The van der Waals surface area contributed by atoms with Crippen LogP contribution in [-0.2, 0) is 16.0 Å². The molecule has 1 atom stereocenters. The van der Waals surface area contributed by atoms with Crippen molar-refractivity contribution in [2.24, 2.45) is 0 Å². The smallest absolute Gasteiger partial charge is 0.297 e. The van der Waals surface area contributed by atoms with Crippen molar-refractivity contribution in [2.45, 2.75) is 45.8 Å². The van der Waals surface area contributed by atoms with Gasteiger partial charge in [0.05, 0.1) is 24.9 Å². The fourth-order valence-electron chi connectivity index (χ4n) is 1.89. The maximum Gasteiger partial charge on any atom is 0.297 e. The number of hydrogen-bond acceptors (Lipinski definition) is 6. The molecule has 0 aromatic carbocycles. The molecule has 0 radical (unpaired) electrons. The summed E-state index contributed by atoms with van der Waals surface area (Å²) in [7, 11) is 3.38. The molecule has 0 bridgehead atoms. The van der Waals surface area contributed by atoms with Gasteiger partial charge >= 0.3 is 0 Å². The van der Waals surface area contributed by atoms with Crippen LogP contribution in [0.5, 0.6) is 0 Å². The molecule has 21 heavy (non-hydrogen) atoms. The molecule has 0 aliphatic heterocycles. The van der Waals surface area contributed by atoms with Crippen molar-refractivity contribution in [3.8, 4) is 0 Å². The van der Waals surface area contributed by atoms with Crippen LogP contribution in [0, 0.1) is 0 Å².